The van der Waals surface area contributed by atoms with E-state index in [9.17, 15) is 4.39 Å². The SMILES string of the molecule is COc1cc(F)c(CC#N)cc1C#N. The predicted octanol–water partition coefficient (Wildman–Crippen LogP) is 1.77. The summed E-state index contributed by atoms with van der Waals surface area (Å²) in [5.41, 5.74) is 0.448. The highest BCUT2D eigenvalue weighted by atomic mass is 19.1. The lowest BCUT2D eigenvalue weighted by atomic mass is 10.1. The molecule has 1 aromatic rings. The lowest BCUT2D eigenvalue weighted by molar-refractivity contribution is 0.409. The summed E-state index contributed by atoms with van der Waals surface area (Å²) in [6.45, 7) is 0. The molecule has 1 aromatic carbocycles. The third kappa shape index (κ3) is 1.81. The molecular formula is C10H7FN2O. The summed E-state index contributed by atoms with van der Waals surface area (Å²) >= 11 is 0. The van der Waals surface area contributed by atoms with Crippen molar-refractivity contribution in [2.45, 2.75) is 6.42 Å². The normalized spacial score (nSPS) is 8.86. The van der Waals surface area contributed by atoms with Crippen molar-refractivity contribution in [3.8, 4) is 17.9 Å². The molecule has 14 heavy (non-hydrogen) atoms. The first-order valence-corrected chi connectivity index (χ1v) is 3.86. The molecule has 0 N–H and O–H groups in total. The van der Waals surface area contributed by atoms with Crippen LogP contribution in [0.3, 0.4) is 0 Å². The molecule has 0 aromatic heterocycles. The van der Waals surface area contributed by atoms with Crippen molar-refractivity contribution in [1.29, 1.82) is 10.5 Å². The maximum atomic E-state index is 13.2. The fraction of sp³-hybridized carbons (Fsp3) is 0.200. The smallest absolute Gasteiger partial charge is 0.139 e. The van der Waals surface area contributed by atoms with E-state index in [1.165, 1.54) is 13.2 Å². The van der Waals surface area contributed by atoms with Crippen LogP contribution in [0.2, 0.25) is 0 Å². The van der Waals surface area contributed by atoms with Gasteiger partial charge in [-0.3, -0.25) is 0 Å². The molecule has 0 fully saturated rings. The number of methoxy groups -OCH3 is 1. The van der Waals surface area contributed by atoms with Crippen LogP contribution in [0.1, 0.15) is 11.1 Å². The molecule has 0 aliphatic rings. The molecule has 70 valence electrons. The van der Waals surface area contributed by atoms with Gasteiger partial charge in [-0.05, 0) is 6.07 Å². The molecule has 0 saturated heterocycles. The molecule has 0 amide bonds. The average Bonchev–Trinajstić information content (AvgIpc) is 2.20. The van der Waals surface area contributed by atoms with Gasteiger partial charge in [0.05, 0.1) is 25.2 Å². The zero-order chi connectivity index (χ0) is 10.6. The van der Waals surface area contributed by atoms with Crippen LogP contribution in [0, 0.1) is 28.5 Å². The van der Waals surface area contributed by atoms with Crippen LogP contribution in [-0.4, -0.2) is 7.11 Å². The Labute approximate surface area is 81.0 Å². The van der Waals surface area contributed by atoms with Gasteiger partial charge in [-0.2, -0.15) is 10.5 Å². The number of nitrogens with zero attached hydrogens (tertiary/aromatic N) is 2. The lowest BCUT2D eigenvalue weighted by Gasteiger charge is -2.04. The molecular weight excluding hydrogens is 183 g/mol. The average molecular weight is 190 g/mol. The van der Waals surface area contributed by atoms with Crippen LogP contribution in [0.15, 0.2) is 12.1 Å². The van der Waals surface area contributed by atoms with E-state index in [2.05, 4.69) is 0 Å². The zero-order valence-corrected chi connectivity index (χ0v) is 7.54. The number of nitriles is 2. The van der Waals surface area contributed by atoms with Gasteiger partial charge in [0.25, 0.3) is 0 Å². The Hall–Kier alpha value is -2.07. The van der Waals surface area contributed by atoms with Crippen LogP contribution >= 0.6 is 0 Å². The Balaban J connectivity index is 3.26. The largest absolute Gasteiger partial charge is 0.495 e. The van der Waals surface area contributed by atoms with Crippen molar-refractivity contribution in [3.63, 3.8) is 0 Å². The topological polar surface area (TPSA) is 56.8 Å². The van der Waals surface area contributed by atoms with Crippen molar-refractivity contribution in [2.75, 3.05) is 7.11 Å². The van der Waals surface area contributed by atoms with Gasteiger partial charge in [-0.1, -0.05) is 0 Å². The Kier molecular flexibility index (Phi) is 3.04. The first-order chi connectivity index (χ1) is 6.72. The monoisotopic (exact) mass is 190 g/mol. The molecule has 0 bridgehead atoms. The number of halogens is 1. The summed E-state index contributed by atoms with van der Waals surface area (Å²) in [6, 6.07) is 6.14. The Bertz CT molecular complexity index is 429. The number of hydrogen-bond donors (Lipinski definition) is 0. The van der Waals surface area contributed by atoms with Crippen molar-refractivity contribution in [3.05, 3.63) is 29.1 Å². The van der Waals surface area contributed by atoms with Gasteiger partial charge in [0.2, 0.25) is 0 Å². The molecule has 0 radical (unpaired) electrons. The first kappa shape index (κ1) is 10.0. The van der Waals surface area contributed by atoms with Crippen LogP contribution in [-0.2, 0) is 6.42 Å². The fourth-order valence-corrected chi connectivity index (χ4v) is 1.08. The summed E-state index contributed by atoms with van der Waals surface area (Å²) in [7, 11) is 1.36. The van der Waals surface area contributed by atoms with Crippen molar-refractivity contribution in [2.24, 2.45) is 0 Å². The van der Waals surface area contributed by atoms with Gasteiger partial charge in [-0.15, -0.1) is 0 Å². The molecule has 3 nitrogen and oxygen atoms in total. The third-order valence-electron chi connectivity index (χ3n) is 1.76. The Morgan fingerprint density at radius 3 is 2.64 bits per heavy atom. The second-order valence-corrected chi connectivity index (χ2v) is 2.59. The molecule has 0 aliphatic carbocycles. The first-order valence-electron chi connectivity index (χ1n) is 3.86. The minimum Gasteiger partial charge on any atom is -0.495 e. The second kappa shape index (κ2) is 4.25. The molecule has 0 saturated carbocycles. The maximum Gasteiger partial charge on any atom is 0.139 e. The summed E-state index contributed by atoms with van der Waals surface area (Å²) in [5, 5.41) is 17.1. The second-order valence-electron chi connectivity index (χ2n) is 2.59. The molecule has 0 unspecified atom stereocenters. The molecule has 0 heterocycles. The standard InChI is InChI=1S/C10H7FN2O/c1-14-10-5-9(11)7(2-3-12)4-8(10)6-13/h4-5H,2H2,1H3. The van der Waals surface area contributed by atoms with Gasteiger partial charge in [0, 0.05) is 11.6 Å². The van der Waals surface area contributed by atoms with Crippen molar-refractivity contribution in [1.82, 2.24) is 0 Å². The highest BCUT2D eigenvalue weighted by Crippen LogP contribution is 2.22. The van der Waals surface area contributed by atoms with E-state index in [4.69, 9.17) is 15.3 Å². The minimum absolute atomic E-state index is 0.0511. The minimum atomic E-state index is -0.526. The van der Waals surface area contributed by atoms with Gasteiger partial charge >= 0.3 is 0 Å². The Morgan fingerprint density at radius 1 is 1.43 bits per heavy atom. The van der Waals surface area contributed by atoms with Crippen molar-refractivity contribution < 1.29 is 9.13 Å². The van der Waals surface area contributed by atoms with E-state index in [1.807, 2.05) is 12.1 Å². The predicted molar refractivity (Wildman–Crippen MR) is 47.0 cm³/mol. The summed E-state index contributed by atoms with van der Waals surface area (Å²) in [6.07, 6.45) is -0.0511. The molecule has 1 rings (SSSR count). The van der Waals surface area contributed by atoms with E-state index in [0.29, 0.717) is 0 Å². The van der Waals surface area contributed by atoms with E-state index >= 15 is 0 Å². The number of ether oxygens (including phenoxy) is 1. The van der Waals surface area contributed by atoms with Crippen LogP contribution in [0.4, 0.5) is 4.39 Å². The Morgan fingerprint density at radius 2 is 2.14 bits per heavy atom. The summed E-state index contributed by atoms with van der Waals surface area (Å²) in [5.74, 6) is -0.339. The quantitative estimate of drug-likeness (QED) is 0.714. The van der Waals surface area contributed by atoms with Crippen LogP contribution in [0.5, 0.6) is 5.75 Å². The van der Waals surface area contributed by atoms with Crippen LogP contribution in [0.25, 0.3) is 0 Å². The van der Waals surface area contributed by atoms with E-state index in [1.54, 1.807) is 0 Å². The fourth-order valence-electron chi connectivity index (χ4n) is 1.08. The number of rotatable bonds is 2. The van der Waals surface area contributed by atoms with Gasteiger partial charge < -0.3 is 4.74 Å². The molecule has 4 heteroatoms. The van der Waals surface area contributed by atoms with Crippen LogP contribution < -0.4 is 4.74 Å². The molecule has 0 aliphatic heterocycles. The molecule has 0 spiro atoms. The highest BCUT2D eigenvalue weighted by Gasteiger charge is 2.09. The van der Waals surface area contributed by atoms with Gasteiger partial charge in [-0.25, -0.2) is 4.39 Å². The molecule has 0 atom stereocenters. The highest BCUT2D eigenvalue weighted by molar-refractivity contribution is 5.46. The van der Waals surface area contributed by atoms with E-state index in [0.717, 1.165) is 6.07 Å². The number of benzene rings is 1. The zero-order valence-electron chi connectivity index (χ0n) is 7.54. The summed E-state index contributed by atoms with van der Waals surface area (Å²) < 4.78 is 18.0. The maximum absolute atomic E-state index is 13.2. The third-order valence-corrected chi connectivity index (χ3v) is 1.76. The van der Waals surface area contributed by atoms with E-state index < -0.39 is 5.82 Å². The van der Waals surface area contributed by atoms with Gasteiger partial charge in [0.15, 0.2) is 0 Å². The lowest BCUT2D eigenvalue weighted by Crippen LogP contribution is -1.94. The van der Waals surface area contributed by atoms with E-state index in [-0.39, 0.29) is 23.3 Å². The number of hydrogen-bond acceptors (Lipinski definition) is 3. The van der Waals surface area contributed by atoms with Crippen molar-refractivity contribution >= 4 is 0 Å². The summed E-state index contributed by atoms with van der Waals surface area (Å²) in [4.78, 5) is 0. The van der Waals surface area contributed by atoms with Gasteiger partial charge in [0.1, 0.15) is 17.6 Å².